The normalized spacial score (nSPS) is 17.3. The second kappa shape index (κ2) is 40.7. The van der Waals surface area contributed by atoms with E-state index < -0.39 is 0 Å². The van der Waals surface area contributed by atoms with Crippen LogP contribution in [-0.2, 0) is 4.74 Å². The lowest BCUT2D eigenvalue weighted by atomic mass is 10.1. The third-order valence-electron chi connectivity index (χ3n) is 2.78. The van der Waals surface area contributed by atoms with Gasteiger partial charge in [0.15, 0.2) is 0 Å². The van der Waals surface area contributed by atoms with E-state index in [9.17, 15) is 9.50 Å². The van der Waals surface area contributed by atoms with E-state index in [1.165, 1.54) is 24.4 Å². The number of aliphatic hydroxyl groups excluding tert-OH is 1. The molecule has 34 heavy (non-hydrogen) atoms. The molecular weight excluding hydrogens is 429 g/mol. The molecule has 2 aliphatic rings. The molecule has 198 valence electrons. The lowest BCUT2D eigenvalue weighted by molar-refractivity contribution is 0.277. The number of allylic oxidation sites excluding steroid dienone is 8. The van der Waals surface area contributed by atoms with Crippen molar-refractivity contribution in [3.63, 3.8) is 0 Å². The SMILES string of the molecule is C/C1=C/C/C=C(/F)C=CC1.C=N/C=N\C(O)=C1/CC=CC=N1.CC.CC.CC.CCC.COC. The van der Waals surface area contributed by atoms with Gasteiger partial charge in [0.1, 0.15) is 17.9 Å². The fourth-order valence-corrected chi connectivity index (χ4v) is 1.63. The molecular formula is C28H52FN3O2. The minimum Gasteiger partial charge on any atom is -0.492 e. The van der Waals surface area contributed by atoms with Crippen LogP contribution in [0.15, 0.2) is 74.4 Å². The molecule has 2 rings (SSSR count). The largest absolute Gasteiger partial charge is 0.492 e. The highest BCUT2D eigenvalue weighted by Crippen LogP contribution is 2.12. The molecule has 1 N–H and O–H groups in total. The summed E-state index contributed by atoms with van der Waals surface area (Å²) in [6, 6.07) is 0. The molecule has 0 aromatic rings. The van der Waals surface area contributed by atoms with Gasteiger partial charge in [-0.1, -0.05) is 85.6 Å². The molecule has 0 fully saturated rings. The molecule has 0 unspecified atom stereocenters. The maximum atomic E-state index is 12.5. The van der Waals surface area contributed by atoms with Crippen molar-refractivity contribution in [2.45, 2.75) is 88.0 Å². The molecule has 0 aromatic carbocycles. The van der Waals surface area contributed by atoms with E-state index in [1.807, 2.05) is 65.8 Å². The fourth-order valence-electron chi connectivity index (χ4n) is 1.63. The van der Waals surface area contributed by atoms with E-state index in [0.29, 0.717) is 12.1 Å². The second-order valence-electron chi connectivity index (χ2n) is 5.70. The van der Waals surface area contributed by atoms with Crippen molar-refractivity contribution >= 4 is 19.3 Å². The van der Waals surface area contributed by atoms with Crippen LogP contribution < -0.4 is 0 Å². The van der Waals surface area contributed by atoms with Crippen molar-refractivity contribution in [2.75, 3.05) is 14.2 Å². The summed E-state index contributed by atoms with van der Waals surface area (Å²) in [5.41, 5.74) is 1.84. The number of nitrogens with zero attached hydrogens (tertiary/aromatic N) is 3. The molecule has 0 aromatic heterocycles. The number of hydrogen-bond acceptors (Lipinski definition) is 4. The van der Waals surface area contributed by atoms with E-state index in [4.69, 9.17) is 0 Å². The molecule has 1 aliphatic heterocycles. The number of hydrogen-bond donors (Lipinski definition) is 1. The van der Waals surface area contributed by atoms with Gasteiger partial charge in [0.2, 0.25) is 5.88 Å². The van der Waals surface area contributed by atoms with Crippen molar-refractivity contribution in [1.29, 1.82) is 0 Å². The van der Waals surface area contributed by atoms with Gasteiger partial charge in [-0.3, -0.25) is 9.98 Å². The van der Waals surface area contributed by atoms with Crippen LogP contribution in [0.4, 0.5) is 4.39 Å². The first-order valence-corrected chi connectivity index (χ1v) is 12.1. The van der Waals surface area contributed by atoms with Crippen molar-refractivity contribution in [3.8, 4) is 0 Å². The smallest absolute Gasteiger partial charge is 0.234 e. The average molecular weight is 482 g/mol. The molecule has 0 saturated heterocycles. The summed E-state index contributed by atoms with van der Waals surface area (Å²) in [4.78, 5) is 10.9. The van der Waals surface area contributed by atoms with E-state index in [-0.39, 0.29) is 11.7 Å². The van der Waals surface area contributed by atoms with Gasteiger partial charge in [-0.2, -0.15) is 0 Å². The standard InChI is InChI=1S/C9H11F.C8H9N3O.C3H8.C2H6O.3C2H6/c1-8-4-2-6-9(10)7-3-5-8;1-9-6-11-8(12)7-4-2-3-5-10-7;2*1-3-2;3*1-2/h2,5-7H,3-4H2,1H3;2-3,5-6,12H,1,4H2;3H2,1-2H3;1-2H3;3*1-2H3/b6-2?,8-5-,9-7+;8-7-,11-6-;;;;;. The predicted molar refractivity (Wildman–Crippen MR) is 154 cm³/mol. The van der Waals surface area contributed by atoms with Gasteiger partial charge in [-0.25, -0.2) is 9.38 Å². The summed E-state index contributed by atoms with van der Waals surface area (Å²) in [5, 5.41) is 9.25. The molecule has 0 amide bonds. The Hall–Kier alpha value is -2.60. The highest BCUT2D eigenvalue weighted by molar-refractivity contribution is 5.73. The molecule has 5 nitrogen and oxygen atoms in total. The van der Waals surface area contributed by atoms with Crippen LogP contribution in [0.25, 0.3) is 0 Å². The lowest BCUT2D eigenvalue weighted by Crippen LogP contribution is -1.89. The first-order chi connectivity index (χ1) is 16.5. The number of rotatable bonds is 2. The Morgan fingerprint density at radius 3 is 2.06 bits per heavy atom. The van der Waals surface area contributed by atoms with Crippen LogP contribution in [0.5, 0.6) is 0 Å². The Balaban J connectivity index is -0.000000115. The number of methoxy groups -OCH3 is 1. The van der Waals surface area contributed by atoms with Gasteiger partial charge in [-0.05, 0) is 44.7 Å². The van der Waals surface area contributed by atoms with Gasteiger partial charge in [0.05, 0.1) is 0 Å². The molecule has 0 atom stereocenters. The van der Waals surface area contributed by atoms with Crippen LogP contribution in [0, 0.1) is 0 Å². The minimum absolute atomic E-state index is 0.108. The van der Waals surface area contributed by atoms with E-state index in [2.05, 4.69) is 47.2 Å². The Labute approximate surface area is 210 Å². The predicted octanol–water partition coefficient (Wildman–Crippen LogP) is 9.37. The minimum atomic E-state index is -0.122. The van der Waals surface area contributed by atoms with Crippen LogP contribution >= 0.6 is 0 Å². The van der Waals surface area contributed by atoms with Gasteiger partial charge in [-0.15, -0.1) is 0 Å². The molecule has 0 radical (unpaired) electrons. The van der Waals surface area contributed by atoms with Gasteiger partial charge < -0.3 is 9.84 Å². The summed E-state index contributed by atoms with van der Waals surface area (Å²) in [5.74, 6) is -0.230. The number of ether oxygens (including phenoxy) is 1. The molecule has 0 spiro atoms. The molecule has 6 heteroatoms. The number of halogens is 1. The highest BCUT2D eigenvalue weighted by Gasteiger charge is 2.01. The first-order valence-electron chi connectivity index (χ1n) is 12.1. The maximum absolute atomic E-state index is 12.5. The van der Waals surface area contributed by atoms with E-state index >= 15 is 0 Å². The summed E-state index contributed by atoms with van der Waals surface area (Å²) in [7, 11) is 3.25. The topological polar surface area (TPSA) is 66.5 Å². The molecule has 0 saturated carbocycles. The monoisotopic (exact) mass is 481 g/mol. The Morgan fingerprint density at radius 1 is 1.09 bits per heavy atom. The Kier molecular flexibility index (Phi) is 49.9. The summed E-state index contributed by atoms with van der Waals surface area (Å²) in [6.07, 6.45) is 16.9. The number of dihydropyridines is 1. The van der Waals surface area contributed by atoms with Gasteiger partial charge in [0.25, 0.3) is 0 Å². The summed E-state index contributed by atoms with van der Waals surface area (Å²) in [6.45, 7) is 21.5. The van der Waals surface area contributed by atoms with Crippen LogP contribution in [0.3, 0.4) is 0 Å². The average Bonchev–Trinajstić information content (AvgIpc) is 2.87. The van der Waals surface area contributed by atoms with Crippen LogP contribution in [0.2, 0.25) is 0 Å². The lowest BCUT2D eigenvalue weighted by Gasteiger charge is -2.00. The third kappa shape index (κ3) is 36.8. The highest BCUT2D eigenvalue weighted by atomic mass is 19.1. The summed E-state index contributed by atoms with van der Waals surface area (Å²) < 4.78 is 16.7. The molecule has 1 heterocycles. The quantitative estimate of drug-likeness (QED) is 0.185. The van der Waals surface area contributed by atoms with Gasteiger partial charge >= 0.3 is 0 Å². The van der Waals surface area contributed by atoms with Crippen molar-refractivity contribution in [2.24, 2.45) is 15.0 Å². The molecule has 1 aliphatic carbocycles. The zero-order chi connectivity index (χ0) is 27.6. The van der Waals surface area contributed by atoms with Gasteiger partial charge in [0, 0.05) is 26.9 Å². The Bertz CT molecular complexity index is 628. The Morgan fingerprint density at radius 2 is 1.62 bits per heavy atom. The zero-order valence-electron chi connectivity index (χ0n) is 23.7. The van der Waals surface area contributed by atoms with Crippen molar-refractivity contribution in [3.05, 3.63) is 59.4 Å². The van der Waals surface area contributed by atoms with Crippen LogP contribution in [0.1, 0.15) is 88.0 Å². The van der Waals surface area contributed by atoms with Crippen LogP contribution in [-0.4, -0.2) is 38.6 Å². The third-order valence-corrected chi connectivity index (χ3v) is 2.78. The van der Waals surface area contributed by atoms with E-state index in [0.717, 1.165) is 12.8 Å². The number of aliphatic imine (C=N–C) groups is 3. The molecule has 0 bridgehead atoms. The van der Waals surface area contributed by atoms with Crippen molar-refractivity contribution in [1.82, 2.24) is 0 Å². The van der Waals surface area contributed by atoms with Crippen molar-refractivity contribution < 1.29 is 14.2 Å². The zero-order valence-corrected chi connectivity index (χ0v) is 23.7. The second-order valence-corrected chi connectivity index (χ2v) is 5.70. The number of aliphatic hydroxyl groups is 1. The van der Waals surface area contributed by atoms with E-state index in [1.54, 1.807) is 26.5 Å². The maximum Gasteiger partial charge on any atom is 0.234 e. The summed E-state index contributed by atoms with van der Waals surface area (Å²) >= 11 is 0. The fraction of sp³-hybridized carbons (Fsp3) is 0.536. The first kappa shape index (κ1) is 41.6.